The molecule has 2 nitrogen and oxygen atoms in total. The smallest absolute Gasteiger partial charge is 0.133 e. The molecule has 0 bridgehead atoms. The van der Waals surface area contributed by atoms with E-state index in [9.17, 15) is 0 Å². The zero-order chi connectivity index (χ0) is 9.97. The van der Waals surface area contributed by atoms with Crippen molar-refractivity contribution < 1.29 is 9.47 Å². The van der Waals surface area contributed by atoms with Gasteiger partial charge in [0.25, 0.3) is 0 Å². The Morgan fingerprint density at radius 1 is 1.50 bits per heavy atom. The standard InChI is InChI=1S/C11H13BrO2/c1-8-3-2-4-10(11(8)12)14-7-9-5-13-6-9/h2-4,9H,5-7H2,1H3. The maximum absolute atomic E-state index is 5.69. The summed E-state index contributed by atoms with van der Waals surface area (Å²) >= 11 is 3.51. The Balaban J connectivity index is 1.97. The van der Waals surface area contributed by atoms with Crippen molar-refractivity contribution in [2.75, 3.05) is 19.8 Å². The molecule has 0 aromatic heterocycles. The molecular weight excluding hydrogens is 244 g/mol. The third-order valence-electron chi connectivity index (χ3n) is 2.34. The van der Waals surface area contributed by atoms with E-state index < -0.39 is 0 Å². The molecule has 0 atom stereocenters. The fraction of sp³-hybridized carbons (Fsp3) is 0.455. The Kier molecular flexibility index (Phi) is 3.08. The Bertz CT molecular complexity index is 321. The predicted molar refractivity (Wildman–Crippen MR) is 58.7 cm³/mol. The highest BCUT2D eigenvalue weighted by atomic mass is 79.9. The van der Waals surface area contributed by atoms with Gasteiger partial charge in [-0.3, -0.25) is 0 Å². The van der Waals surface area contributed by atoms with Crippen LogP contribution in [0.3, 0.4) is 0 Å². The van der Waals surface area contributed by atoms with Crippen molar-refractivity contribution in [3.8, 4) is 5.75 Å². The summed E-state index contributed by atoms with van der Waals surface area (Å²) in [5, 5.41) is 0. The topological polar surface area (TPSA) is 18.5 Å². The molecule has 1 aromatic carbocycles. The Morgan fingerprint density at radius 3 is 2.93 bits per heavy atom. The van der Waals surface area contributed by atoms with Crippen LogP contribution < -0.4 is 4.74 Å². The van der Waals surface area contributed by atoms with E-state index in [0.29, 0.717) is 5.92 Å². The third kappa shape index (κ3) is 2.10. The molecule has 2 rings (SSSR count). The number of halogens is 1. The molecule has 3 heteroatoms. The van der Waals surface area contributed by atoms with Crippen LogP contribution in [-0.4, -0.2) is 19.8 Å². The van der Waals surface area contributed by atoms with Crippen LogP contribution >= 0.6 is 15.9 Å². The lowest BCUT2D eigenvalue weighted by atomic mass is 10.1. The first-order valence-corrected chi connectivity index (χ1v) is 5.52. The third-order valence-corrected chi connectivity index (χ3v) is 3.35. The van der Waals surface area contributed by atoms with Gasteiger partial charge in [-0.2, -0.15) is 0 Å². The minimum Gasteiger partial charge on any atom is -0.492 e. The molecule has 0 spiro atoms. The molecule has 1 fully saturated rings. The summed E-state index contributed by atoms with van der Waals surface area (Å²) < 4.78 is 11.8. The van der Waals surface area contributed by atoms with Gasteiger partial charge in [0.1, 0.15) is 5.75 Å². The summed E-state index contributed by atoms with van der Waals surface area (Å²) in [4.78, 5) is 0. The molecule has 14 heavy (non-hydrogen) atoms. The molecule has 76 valence electrons. The summed E-state index contributed by atoms with van der Waals surface area (Å²) in [7, 11) is 0. The Hall–Kier alpha value is -0.540. The second-order valence-corrected chi connectivity index (χ2v) is 4.39. The summed E-state index contributed by atoms with van der Waals surface area (Å²) in [6.07, 6.45) is 0. The molecule has 0 aliphatic carbocycles. The van der Waals surface area contributed by atoms with E-state index in [0.717, 1.165) is 30.0 Å². The van der Waals surface area contributed by atoms with Crippen LogP contribution in [0.5, 0.6) is 5.75 Å². The van der Waals surface area contributed by atoms with Crippen LogP contribution in [0.15, 0.2) is 22.7 Å². The van der Waals surface area contributed by atoms with Gasteiger partial charge in [0.15, 0.2) is 0 Å². The highest BCUT2D eigenvalue weighted by molar-refractivity contribution is 9.10. The normalized spacial score (nSPS) is 16.4. The molecule has 0 amide bonds. The van der Waals surface area contributed by atoms with Gasteiger partial charge in [-0.15, -0.1) is 0 Å². The van der Waals surface area contributed by atoms with Gasteiger partial charge < -0.3 is 9.47 Å². The first kappa shape index (κ1) is 9.99. The lowest BCUT2D eigenvalue weighted by molar-refractivity contribution is -0.0509. The van der Waals surface area contributed by atoms with Gasteiger partial charge in [-0.05, 0) is 34.5 Å². The second-order valence-electron chi connectivity index (χ2n) is 3.60. The molecule has 0 saturated carbocycles. The predicted octanol–water partition coefficient (Wildman–Crippen LogP) is 2.78. The monoisotopic (exact) mass is 256 g/mol. The maximum Gasteiger partial charge on any atom is 0.133 e. The Morgan fingerprint density at radius 2 is 2.29 bits per heavy atom. The highest BCUT2D eigenvalue weighted by Crippen LogP contribution is 2.28. The van der Waals surface area contributed by atoms with Crippen LogP contribution in [0, 0.1) is 12.8 Å². The van der Waals surface area contributed by atoms with Crippen molar-refractivity contribution >= 4 is 15.9 Å². The van der Waals surface area contributed by atoms with Crippen LogP contribution in [-0.2, 0) is 4.74 Å². The van der Waals surface area contributed by atoms with E-state index in [-0.39, 0.29) is 0 Å². The molecule has 1 saturated heterocycles. The minimum atomic E-state index is 0.572. The average Bonchev–Trinajstić information content (AvgIpc) is 2.09. The molecule has 1 aliphatic heterocycles. The van der Waals surface area contributed by atoms with Gasteiger partial charge in [0.05, 0.1) is 24.3 Å². The molecule has 0 unspecified atom stereocenters. The summed E-state index contributed by atoms with van der Waals surface area (Å²) in [6, 6.07) is 6.05. The van der Waals surface area contributed by atoms with Crippen LogP contribution in [0.4, 0.5) is 0 Å². The molecule has 1 aromatic rings. The largest absolute Gasteiger partial charge is 0.492 e. The van der Waals surface area contributed by atoms with Crippen molar-refractivity contribution in [2.24, 2.45) is 5.92 Å². The minimum absolute atomic E-state index is 0.572. The molecule has 0 radical (unpaired) electrons. The maximum atomic E-state index is 5.69. The number of aryl methyl sites for hydroxylation is 1. The Labute approximate surface area is 92.3 Å². The molecule has 1 aliphatic rings. The molecular formula is C11H13BrO2. The highest BCUT2D eigenvalue weighted by Gasteiger charge is 2.19. The summed E-state index contributed by atoms with van der Waals surface area (Å²) in [6.45, 7) is 4.48. The quantitative estimate of drug-likeness (QED) is 0.828. The van der Waals surface area contributed by atoms with Gasteiger partial charge in [-0.25, -0.2) is 0 Å². The van der Waals surface area contributed by atoms with Crippen molar-refractivity contribution in [3.05, 3.63) is 28.2 Å². The lowest BCUT2D eigenvalue weighted by Crippen LogP contribution is -2.32. The number of ether oxygens (including phenoxy) is 2. The lowest BCUT2D eigenvalue weighted by Gasteiger charge is -2.26. The first-order valence-electron chi connectivity index (χ1n) is 4.73. The van der Waals surface area contributed by atoms with Crippen LogP contribution in [0.1, 0.15) is 5.56 Å². The zero-order valence-corrected chi connectivity index (χ0v) is 9.71. The SMILES string of the molecule is Cc1cccc(OCC2COC2)c1Br. The number of hydrogen-bond donors (Lipinski definition) is 0. The van der Waals surface area contributed by atoms with E-state index in [4.69, 9.17) is 9.47 Å². The summed E-state index contributed by atoms with van der Waals surface area (Å²) in [5.74, 6) is 1.50. The fourth-order valence-electron chi connectivity index (χ4n) is 1.32. The molecule has 0 N–H and O–H groups in total. The van der Waals surface area contributed by atoms with E-state index in [1.807, 2.05) is 12.1 Å². The van der Waals surface area contributed by atoms with Gasteiger partial charge in [-0.1, -0.05) is 12.1 Å². The summed E-state index contributed by atoms with van der Waals surface area (Å²) in [5.41, 5.74) is 1.20. The first-order chi connectivity index (χ1) is 6.77. The van der Waals surface area contributed by atoms with Gasteiger partial charge >= 0.3 is 0 Å². The van der Waals surface area contributed by atoms with E-state index in [2.05, 4.69) is 28.9 Å². The van der Waals surface area contributed by atoms with Crippen LogP contribution in [0.25, 0.3) is 0 Å². The van der Waals surface area contributed by atoms with Crippen molar-refractivity contribution in [3.63, 3.8) is 0 Å². The van der Waals surface area contributed by atoms with E-state index >= 15 is 0 Å². The van der Waals surface area contributed by atoms with Crippen molar-refractivity contribution in [2.45, 2.75) is 6.92 Å². The van der Waals surface area contributed by atoms with Crippen molar-refractivity contribution in [1.29, 1.82) is 0 Å². The van der Waals surface area contributed by atoms with E-state index in [1.54, 1.807) is 0 Å². The number of benzene rings is 1. The van der Waals surface area contributed by atoms with E-state index in [1.165, 1.54) is 5.56 Å². The fourth-order valence-corrected chi connectivity index (χ4v) is 1.70. The number of hydrogen-bond acceptors (Lipinski definition) is 2. The second kappa shape index (κ2) is 4.32. The molecule has 1 heterocycles. The van der Waals surface area contributed by atoms with Gasteiger partial charge in [0.2, 0.25) is 0 Å². The van der Waals surface area contributed by atoms with Crippen molar-refractivity contribution in [1.82, 2.24) is 0 Å². The average molecular weight is 257 g/mol. The zero-order valence-electron chi connectivity index (χ0n) is 8.13. The number of rotatable bonds is 3. The van der Waals surface area contributed by atoms with Crippen LogP contribution in [0.2, 0.25) is 0 Å². The van der Waals surface area contributed by atoms with Gasteiger partial charge in [0, 0.05) is 5.92 Å².